The van der Waals surface area contributed by atoms with Crippen molar-refractivity contribution in [1.29, 1.82) is 0 Å². The highest BCUT2D eigenvalue weighted by Gasteiger charge is 2.14. The Balaban J connectivity index is 2.08. The van der Waals surface area contributed by atoms with Crippen LogP contribution in [0.2, 0.25) is 0 Å². The topological polar surface area (TPSA) is 69.4 Å². The SMILES string of the molecule is CCOCCOc1ccccc1-c1nc(CC(C)NC)no1. The van der Waals surface area contributed by atoms with Crippen molar-refractivity contribution < 1.29 is 14.0 Å². The van der Waals surface area contributed by atoms with E-state index in [9.17, 15) is 0 Å². The van der Waals surface area contributed by atoms with E-state index in [0.717, 1.165) is 11.3 Å². The molecule has 120 valence electrons. The molecule has 6 nitrogen and oxygen atoms in total. The molecular formula is C16H23N3O3. The van der Waals surface area contributed by atoms with E-state index in [2.05, 4.69) is 22.4 Å². The third kappa shape index (κ3) is 4.54. The predicted molar refractivity (Wildman–Crippen MR) is 83.9 cm³/mol. The summed E-state index contributed by atoms with van der Waals surface area (Å²) in [4.78, 5) is 4.44. The van der Waals surface area contributed by atoms with Crippen molar-refractivity contribution in [3.63, 3.8) is 0 Å². The van der Waals surface area contributed by atoms with Gasteiger partial charge in [-0.15, -0.1) is 0 Å². The number of hydrogen-bond donors (Lipinski definition) is 1. The fourth-order valence-electron chi connectivity index (χ4n) is 1.95. The first-order chi connectivity index (χ1) is 10.7. The molecule has 2 rings (SSSR count). The van der Waals surface area contributed by atoms with Gasteiger partial charge in [0, 0.05) is 19.1 Å². The van der Waals surface area contributed by atoms with Crippen LogP contribution in [-0.2, 0) is 11.2 Å². The fraction of sp³-hybridized carbons (Fsp3) is 0.500. The van der Waals surface area contributed by atoms with Crippen LogP contribution in [0.15, 0.2) is 28.8 Å². The van der Waals surface area contributed by atoms with Crippen LogP contribution in [0.1, 0.15) is 19.7 Å². The van der Waals surface area contributed by atoms with E-state index in [1.54, 1.807) is 0 Å². The number of nitrogens with one attached hydrogen (secondary N) is 1. The number of ether oxygens (including phenoxy) is 2. The molecule has 1 N–H and O–H groups in total. The van der Waals surface area contributed by atoms with E-state index in [0.29, 0.717) is 44.0 Å². The van der Waals surface area contributed by atoms with Gasteiger partial charge in [0.1, 0.15) is 12.4 Å². The molecule has 0 fully saturated rings. The van der Waals surface area contributed by atoms with Crippen LogP contribution in [0.25, 0.3) is 11.5 Å². The van der Waals surface area contributed by atoms with E-state index >= 15 is 0 Å². The van der Waals surface area contributed by atoms with Crippen LogP contribution in [0.5, 0.6) is 5.75 Å². The number of hydrogen-bond acceptors (Lipinski definition) is 6. The molecule has 22 heavy (non-hydrogen) atoms. The Morgan fingerprint density at radius 2 is 2.09 bits per heavy atom. The Bertz CT molecular complexity index is 571. The van der Waals surface area contributed by atoms with E-state index in [1.807, 2.05) is 38.2 Å². The maximum atomic E-state index is 5.74. The molecule has 0 aliphatic carbocycles. The molecule has 1 unspecified atom stereocenters. The lowest BCUT2D eigenvalue weighted by molar-refractivity contribution is 0.110. The normalized spacial score (nSPS) is 12.3. The number of rotatable bonds is 9. The summed E-state index contributed by atoms with van der Waals surface area (Å²) in [6, 6.07) is 7.93. The Kier molecular flexibility index (Phi) is 6.36. The van der Waals surface area contributed by atoms with Crippen molar-refractivity contribution >= 4 is 0 Å². The van der Waals surface area contributed by atoms with Gasteiger partial charge >= 0.3 is 0 Å². The Morgan fingerprint density at radius 1 is 1.27 bits per heavy atom. The largest absolute Gasteiger partial charge is 0.490 e. The highest BCUT2D eigenvalue weighted by atomic mass is 16.5. The van der Waals surface area contributed by atoms with Gasteiger partial charge in [-0.3, -0.25) is 0 Å². The maximum Gasteiger partial charge on any atom is 0.261 e. The summed E-state index contributed by atoms with van der Waals surface area (Å²) in [6.07, 6.45) is 0.716. The second-order valence-corrected chi connectivity index (χ2v) is 4.95. The molecule has 0 amide bonds. The standard InChI is InChI=1S/C16H23N3O3/c1-4-20-9-10-21-14-8-6-5-7-13(14)16-18-15(19-22-16)11-12(2)17-3/h5-8,12,17H,4,9-11H2,1-3H3. The van der Waals surface area contributed by atoms with E-state index in [4.69, 9.17) is 14.0 Å². The second kappa shape index (κ2) is 8.51. The first-order valence-electron chi connectivity index (χ1n) is 7.54. The minimum Gasteiger partial charge on any atom is -0.490 e. The minimum absolute atomic E-state index is 0.295. The van der Waals surface area contributed by atoms with Gasteiger partial charge < -0.3 is 19.3 Å². The van der Waals surface area contributed by atoms with Gasteiger partial charge in [-0.1, -0.05) is 17.3 Å². The number of benzene rings is 1. The number of likely N-dealkylation sites (N-methyl/N-ethyl adjacent to an activating group) is 1. The molecule has 0 aliphatic heterocycles. The highest BCUT2D eigenvalue weighted by molar-refractivity contribution is 5.62. The first-order valence-corrected chi connectivity index (χ1v) is 7.54. The van der Waals surface area contributed by atoms with Crippen molar-refractivity contribution in [1.82, 2.24) is 15.5 Å². The van der Waals surface area contributed by atoms with Crippen LogP contribution in [0.4, 0.5) is 0 Å². The Morgan fingerprint density at radius 3 is 2.86 bits per heavy atom. The quantitative estimate of drug-likeness (QED) is 0.717. The van der Waals surface area contributed by atoms with Crippen molar-refractivity contribution in [3.05, 3.63) is 30.1 Å². The molecule has 0 saturated carbocycles. The van der Waals surface area contributed by atoms with Gasteiger partial charge in [-0.05, 0) is 33.0 Å². The zero-order valence-corrected chi connectivity index (χ0v) is 13.3. The lowest BCUT2D eigenvalue weighted by Gasteiger charge is -2.08. The van der Waals surface area contributed by atoms with E-state index < -0.39 is 0 Å². The molecule has 2 aromatic rings. The number of para-hydroxylation sites is 1. The summed E-state index contributed by atoms with van der Waals surface area (Å²) in [5.41, 5.74) is 0.801. The molecule has 0 aliphatic rings. The van der Waals surface area contributed by atoms with Gasteiger partial charge in [0.05, 0.1) is 12.2 Å². The molecule has 0 spiro atoms. The number of nitrogens with zero attached hydrogens (tertiary/aromatic N) is 2. The zero-order valence-electron chi connectivity index (χ0n) is 13.3. The molecule has 1 heterocycles. The van der Waals surface area contributed by atoms with Crippen LogP contribution in [0.3, 0.4) is 0 Å². The van der Waals surface area contributed by atoms with Crippen molar-refractivity contribution in [2.45, 2.75) is 26.3 Å². The predicted octanol–water partition coefficient (Wildman–Crippen LogP) is 2.30. The summed E-state index contributed by atoms with van der Waals surface area (Å²) in [5, 5.41) is 7.18. The molecule has 1 atom stereocenters. The average molecular weight is 305 g/mol. The average Bonchev–Trinajstić information content (AvgIpc) is 3.00. The van der Waals surface area contributed by atoms with E-state index in [-0.39, 0.29) is 0 Å². The first kappa shape index (κ1) is 16.5. The summed E-state index contributed by atoms with van der Waals surface area (Å²) < 4.78 is 16.4. The molecule has 1 aromatic carbocycles. The van der Waals surface area contributed by atoms with Crippen molar-refractivity contribution in [3.8, 4) is 17.2 Å². The van der Waals surface area contributed by atoms with Gasteiger partial charge in [-0.2, -0.15) is 4.98 Å². The molecule has 0 bridgehead atoms. The van der Waals surface area contributed by atoms with Crippen LogP contribution >= 0.6 is 0 Å². The fourth-order valence-corrected chi connectivity index (χ4v) is 1.95. The molecule has 6 heteroatoms. The zero-order chi connectivity index (χ0) is 15.8. The van der Waals surface area contributed by atoms with Gasteiger partial charge in [0.2, 0.25) is 0 Å². The van der Waals surface area contributed by atoms with Crippen molar-refractivity contribution in [2.24, 2.45) is 0 Å². The highest BCUT2D eigenvalue weighted by Crippen LogP contribution is 2.28. The summed E-state index contributed by atoms with van der Waals surface area (Å²) in [7, 11) is 1.91. The lowest BCUT2D eigenvalue weighted by atomic mass is 10.2. The second-order valence-electron chi connectivity index (χ2n) is 4.95. The van der Waals surface area contributed by atoms with Gasteiger partial charge in [-0.25, -0.2) is 0 Å². The molecule has 0 saturated heterocycles. The van der Waals surface area contributed by atoms with Gasteiger partial charge in [0.25, 0.3) is 5.89 Å². The smallest absolute Gasteiger partial charge is 0.261 e. The Labute approximate surface area is 130 Å². The van der Waals surface area contributed by atoms with Crippen molar-refractivity contribution in [2.75, 3.05) is 26.9 Å². The number of aromatic nitrogens is 2. The Hall–Kier alpha value is -1.92. The van der Waals surface area contributed by atoms with Gasteiger partial charge in [0.15, 0.2) is 5.82 Å². The summed E-state index contributed by atoms with van der Waals surface area (Å²) in [5.74, 6) is 1.88. The molecular weight excluding hydrogens is 282 g/mol. The third-order valence-corrected chi connectivity index (χ3v) is 3.26. The monoisotopic (exact) mass is 305 g/mol. The van der Waals surface area contributed by atoms with Crippen LogP contribution < -0.4 is 10.1 Å². The molecule has 0 radical (unpaired) electrons. The van der Waals surface area contributed by atoms with E-state index in [1.165, 1.54) is 0 Å². The van der Waals surface area contributed by atoms with Crippen LogP contribution in [0, 0.1) is 0 Å². The summed E-state index contributed by atoms with van der Waals surface area (Å²) >= 11 is 0. The lowest BCUT2D eigenvalue weighted by Crippen LogP contribution is -2.24. The molecule has 1 aromatic heterocycles. The third-order valence-electron chi connectivity index (χ3n) is 3.26. The summed E-state index contributed by atoms with van der Waals surface area (Å²) in [6.45, 7) is 5.75. The van der Waals surface area contributed by atoms with Crippen LogP contribution in [-0.4, -0.2) is 43.1 Å². The maximum absolute atomic E-state index is 5.74. The minimum atomic E-state index is 0.295.